The molecule has 27 heavy (non-hydrogen) atoms. The minimum Gasteiger partial charge on any atom is -0.379 e. The van der Waals surface area contributed by atoms with Crippen LogP contribution in [0.4, 0.5) is 8.78 Å². The molecule has 0 fully saturated rings. The van der Waals surface area contributed by atoms with Crippen molar-refractivity contribution in [2.24, 2.45) is 0 Å². The normalized spacial score (nSPS) is 11.4. The van der Waals surface area contributed by atoms with Crippen molar-refractivity contribution < 1.29 is 21.4 Å². The van der Waals surface area contributed by atoms with Crippen LogP contribution in [0.15, 0.2) is 58.4 Å². The molecule has 0 saturated heterocycles. The predicted octanol–water partition coefficient (Wildman–Crippen LogP) is 3.59. The van der Waals surface area contributed by atoms with Gasteiger partial charge in [0, 0.05) is 6.07 Å². The molecule has 0 atom stereocenters. The van der Waals surface area contributed by atoms with Gasteiger partial charge in [0.15, 0.2) is 11.6 Å². The topological polar surface area (TPSA) is 78.3 Å². The van der Waals surface area contributed by atoms with E-state index in [1.807, 2.05) is 0 Å². The molecule has 0 spiro atoms. The lowest BCUT2D eigenvalue weighted by molar-refractivity contribution is 0.472. The lowest BCUT2D eigenvalue weighted by Gasteiger charge is -2.09. The molecule has 11 heteroatoms. The molecule has 0 amide bonds. The summed E-state index contributed by atoms with van der Waals surface area (Å²) in [5.41, 5.74) is -0.455. The maximum absolute atomic E-state index is 13.2. The van der Waals surface area contributed by atoms with Crippen molar-refractivity contribution in [3.63, 3.8) is 0 Å². The Morgan fingerprint density at radius 2 is 1.67 bits per heavy atom. The van der Waals surface area contributed by atoms with Crippen molar-refractivity contribution in [2.45, 2.75) is 4.90 Å². The largest absolute Gasteiger partial charge is 0.379 e. The van der Waals surface area contributed by atoms with Crippen LogP contribution in [0, 0.1) is 11.6 Å². The summed E-state index contributed by atoms with van der Waals surface area (Å²) >= 11 is 11.5. The highest BCUT2D eigenvalue weighted by atomic mass is 35.5. The molecule has 0 aliphatic rings. The number of aromatic nitrogens is 2. The molecule has 3 aromatic rings. The molecule has 0 bridgehead atoms. The molecule has 0 N–H and O–H groups in total. The summed E-state index contributed by atoms with van der Waals surface area (Å²) in [6.07, 6.45) is 1.17. The van der Waals surface area contributed by atoms with Crippen molar-refractivity contribution in [1.29, 1.82) is 0 Å². The van der Waals surface area contributed by atoms with Gasteiger partial charge in [-0.2, -0.15) is 18.2 Å². The average Bonchev–Trinajstić information content (AvgIpc) is 2.63. The summed E-state index contributed by atoms with van der Waals surface area (Å²) in [6.45, 7) is 0. The Labute approximate surface area is 161 Å². The van der Waals surface area contributed by atoms with Gasteiger partial charge in [-0.25, -0.2) is 8.78 Å². The van der Waals surface area contributed by atoms with Gasteiger partial charge in [-0.3, -0.25) is 4.79 Å². The third-order valence-corrected chi connectivity index (χ3v) is 5.35. The highest BCUT2D eigenvalue weighted by Gasteiger charge is 2.18. The van der Waals surface area contributed by atoms with Crippen LogP contribution in [0.3, 0.4) is 0 Å². The van der Waals surface area contributed by atoms with Gasteiger partial charge < -0.3 is 4.18 Å². The second-order valence-corrected chi connectivity index (χ2v) is 7.46. The van der Waals surface area contributed by atoms with E-state index in [-0.39, 0.29) is 26.4 Å². The summed E-state index contributed by atoms with van der Waals surface area (Å²) in [7, 11) is -4.31. The number of hydrogen-bond donors (Lipinski definition) is 0. The maximum atomic E-state index is 13.2. The fourth-order valence-electron chi connectivity index (χ4n) is 2.05. The second kappa shape index (κ2) is 7.26. The fraction of sp³-hybridized carbons (Fsp3) is 0. The third kappa shape index (κ3) is 3.95. The molecule has 0 saturated carbocycles. The molecule has 1 aromatic heterocycles. The van der Waals surface area contributed by atoms with Crippen molar-refractivity contribution in [1.82, 2.24) is 9.78 Å². The molecule has 0 radical (unpaired) electrons. The number of nitrogens with zero attached hydrogens (tertiary/aromatic N) is 2. The Kier molecular flexibility index (Phi) is 5.18. The molecule has 1 heterocycles. The zero-order chi connectivity index (χ0) is 19.8. The molecule has 6 nitrogen and oxygen atoms in total. The van der Waals surface area contributed by atoms with Crippen LogP contribution >= 0.6 is 23.2 Å². The summed E-state index contributed by atoms with van der Waals surface area (Å²) in [5, 5.41) is 3.57. The molecule has 3 rings (SSSR count). The van der Waals surface area contributed by atoms with Crippen molar-refractivity contribution >= 4 is 33.3 Å². The van der Waals surface area contributed by atoms with Gasteiger partial charge in [-0.1, -0.05) is 23.2 Å². The van der Waals surface area contributed by atoms with Crippen molar-refractivity contribution in [2.75, 3.05) is 0 Å². The van der Waals surface area contributed by atoms with Crippen LogP contribution in [0.5, 0.6) is 5.75 Å². The first kappa shape index (κ1) is 19.3. The van der Waals surface area contributed by atoms with Crippen molar-refractivity contribution in [3.8, 4) is 11.4 Å². The highest BCUT2D eigenvalue weighted by molar-refractivity contribution is 7.87. The van der Waals surface area contributed by atoms with Gasteiger partial charge in [0.1, 0.15) is 15.7 Å². The van der Waals surface area contributed by atoms with Crippen LogP contribution in [0.2, 0.25) is 10.0 Å². The van der Waals surface area contributed by atoms with Crippen LogP contribution in [-0.2, 0) is 10.1 Å². The first-order valence-corrected chi connectivity index (χ1v) is 9.29. The van der Waals surface area contributed by atoms with Gasteiger partial charge in [-0.05, 0) is 36.4 Å². The number of halogens is 4. The highest BCUT2D eigenvalue weighted by Crippen LogP contribution is 2.22. The maximum Gasteiger partial charge on any atom is 0.339 e. The zero-order valence-corrected chi connectivity index (χ0v) is 15.4. The lowest BCUT2D eigenvalue weighted by atomic mass is 10.3. The van der Waals surface area contributed by atoms with Crippen LogP contribution in [0.1, 0.15) is 0 Å². The smallest absolute Gasteiger partial charge is 0.339 e. The first-order valence-electron chi connectivity index (χ1n) is 7.12. The van der Waals surface area contributed by atoms with E-state index >= 15 is 0 Å². The third-order valence-electron chi connectivity index (χ3n) is 3.34. The van der Waals surface area contributed by atoms with E-state index < -0.39 is 27.3 Å². The van der Waals surface area contributed by atoms with E-state index in [0.29, 0.717) is 6.07 Å². The van der Waals surface area contributed by atoms with Crippen LogP contribution in [0.25, 0.3) is 5.69 Å². The minimum atomic E-state index is -4.31. The summed E-state index contributed by atoms with van der Waals surface area (Å²) in [4.78, 5) is 11.8. The van der Waals surface area contributed by atoms with E-state index in [0.717, 1.165) is 28.9 Å². The summed E-state index contributed by atoms with van der Waals surface area (Å²) in [5.74, 6) is -2.77. The van der Waals surface area contributed by atoms with E-state index in [1.54, 1.807) is 0 Å². The molecule has 140 valence electrons. The SMILES string of the molecule is O=c1c(Cl)c(Cl)cnn1-c1ccc(S(=O)(=O)Oc2ccc(F)c(F)c2)cc1. The van der Waals surface area contributed by atoms with Gasteiger partial charge in [0.05, 0.1) is 16.9 Å². The Bertz CT molecular complexity index is 1180. The average molecular weight is 433 g/mol. The second-order valence-electron chi connectivity index (χ2n) is 5.13. The first-order chi connectivity index (χ1) is 12.7. The number of benzene rings is 2. The van der Waals surface area contributed by atoms with E-state index in [2.05, 4.69) is 5.10 Å². The predicted molar refractivity (Wildman–Crippen MR) is 94.0 cm³/mol. The lowest BCUT2D eigenvalue weighted by Crippen LogP contribution is -2.21. The standard InChI is InChI=1S/C16H8Cl2F2N2O4S/c17-12-8-21-22(16(23)15(12)18)9-1-4-11(5-2-9)27(24,25)26-10-3-6-13(19)14(20)7-10/h1-8H. The van der Waals surface area contributed by atoms with E-state index in [4.69, 9.17) is 27.4 Å². The number of rotatable bonds is 4. The Morgan fingerprint density at radius 1 is 1.00 bits per heavy atom. The summed E-state index contributed by atoms with van der Waals surface area (Å²) in [6, 6.07) is 7.22. The Balaban J connectivity index is 1.91. The number of hydrogen-bond acceptors (Lipinski definition) is 5. The Hall–Kier alpha value is -2.49. The van der Waals surface area contributed by atoms with Gasteiger partial charge in [-0.15, -0.1) is 0 Å². The molecule has 2 aromatic carbocycles. The summed E-state index contributed by atoms with van der Waals surface area (Å²) < 4.78 is 56.3. The van der Waals surface area contributed by atoms with E-state index in [1.165, 1.54) is 18.3 Å². The molecule has 0 aliphatic carbocycles. The molecular formula is C16H8Cl2F2N2O4S. The Morgan fingerprint density at radius 3 is 2.30 bits per heavy atom. The van der Waals surface area contributed by atoms with Gasteiger partial charge in [0.25, 0.3) is 5.56 Å². The quantitative estimate of drug-likeness (QED) is 0.588. The van der Waals surface area contributed by atoms with Gasteiger partial charge in [0.2, 0.25) is 0 Å². The molecular weight excluding hydrogens is 425 g/mol. The zero-order valence-electron chi connectivity index (χ0n) is 13.1. The minimum absolute atomic E-state index is 0.0166. The van der Waals surface area contributed by atoms with Crippen LogP contribution in [-0.4, -0.2) is 18.2 Å². The monoisotopic (exact) mass is 432 g/mol. The van der Waals surface area contributed by atoms with Crippen LogP contribution < -0.4 is 9.74 Å². The molecule has 0 aliphatic heterocycles. The molecule has 0 unspecified atom stereocenters. The fourth-order valence-corrected chi connectivity index (χ4v) is 3.23. The van der Waals surface area contributed by atoms with Gasteiger partial charge >= 0.3 is 10.1 Å². The van der Waals surface area contributed by atoms with Crippen molar-refractivity contribution in [3.05, 3.63) is 80.7 Å². The van der Waals surface area contributed by atoms with E-state index in [9.17, 15) is 22.0 Å².